The van der Waals surface area contributed by atoms with Crippen LogP contribution in [0.3, 0.4) is 0 Å². The van der Waals surface area contributed by atoms with Crippen LogP contribution in [0.5, 0.6) is 11.5 Å². The van der Waals surface area contributed by atoms with Crippen molar-refractivity contribution >= 4 is 28.5 Å². The maximum absolute atomic E-state index is 13.0. The van der Waals surface area contributed by atoms with E-state index in [0.717, 1.165) is 28.7 Å². The summed E-state index contributed by atoms with van der Waals surface area (Å²) in [5.41, 5.74) is 2.29. The fourth-order valence-corrected chi connectivity index (χ4v) is 3.47. The molecule has 0 bridgehead atoms. The van der Waals surface area contributed by atoms with Gasteiger partial charge in [-0.15, -0.1) is 0 Å². The van der Waals surface area contributed by atoms with Crippen LogP contribution in [0.4, 0.5) is 0 Å². The highest BCUT2D eigenvalue weighted by Gasteiger charge is 2.21. The summed E-state index contributed by atoms with van der Waals surface area (Å²) in [6.45, 7) is 2.47. The number of fused-ring (bicyclic) bond motifs is 1. The van der Waals surface area contributed by atoms with Gasteiger partial charge in [-0.2, -0.15) is 0 Å². The Morgan fingerprint density at radius 3 is 2.59 bits per heavy atom. The van der Waals surface area contributed by atoms with Crippen LogP contribution in [0.1, 0.15) is 28.6 Å². The van der Waals surface area contributed by atoms with Gasteiger partial charge in [-0.3, -0.25) is 4.79 Å². The molecule has 1 aromatic heterocycles. The molecule has 0 atom stereocenters. The number of aryl methyl sites for hydroxylation is 1. The van der Waals surface area contributed by atoms with Crippen LogP contribution < -0.4 is 9.47 Å². The summed E-state index contributed by atoms with van der Waals surface area (Å²) in [7, 11) is 4.78. The second-order valence-electron chi connectivity index (χ2n) is 6.21. The van der Waals surface area contributed by atoms with E-state index in [2.05, 4.69) is 0 Å². The predicted octanol–water partition coefficient (Wildman–Crippen LogP) is 4.94. The van der Waals surface area contributed by atoms with Crippen molar-refractivity contribution in [3.05, 3.63) is 58.3 Å². The molecule has 0 aliphatic rings. The Morgan fingerprint density at radius 1 is 1.19 bits per heavy atom. The predicted molar refractivity (Wildman–Crippen MR) is 106 cm³/mol. The van der Waals surface area contributed by atoms with E-state index in [1.54, 1.807) is 24.1 Å². The zero-order chi connectivity index (χ0) is 19.6. The number of carbonyl (C=O) groups excluding carboxylic acids is 1. The molecule has 1 heterocycles. The maximum atomic E-state index is 13.0. The minimum absolute atomic E-state index is 0.162. The zero-order valence-electron chi connectivity index (χ0n) is 15.8. The van der Waals surface area contributed by atoms with E-state index in [1.807, 2.05) is 31.2 Å². The highest BCUT2D eigenvalue weighted by atomic mass is 35.5. The number of benzene rings is 2. The molecule has 6 heteroatoms. The molecule has 0 N–H and O–H groups in total. The number of nitrogens with zero attached hydrogens (tertiary/aromatic N) is 1. The van der Waals surface area contributed by atoms with Crippen molar-refractivity contribution in [1.29, 1.82) is 0 Å². The number of amides is 1. The Bertz CT molecular complexity index is 980. The summed E-state index contributed by atoms with van der Waals surface area (Å²) in [6.07, 6.45) is 0.758. The monoisotopic (exact) mass is 387 g/mol. The molecule has 0 aliphatic heterocycles. The number of methoxy groups -OCH3 is 2. The lowest BCUT2D eigenvalue weighted by Gasteiger charge is -2.19. The molecular formula is C21H22ClNO4. The van der Waals surface area contributed by atoms with Gasteiger partial charge < -0.3 is 18.8 Å². The van der Waals surface area contributed by atoms with Crippen LogP contribution in [0, 0.1) is 0 Å². The summed E-state index contributed by atoms with van der Waals surface area (Å²) in [4.78, 5) is 14.6. The lowest BCUT2D eigenvalue weighted by atomic mass is 10.1. The van der Waals surface area contributed by atoms with Crippen molar-refractivity contribution in [2.45, 2.75) is 19.9 Å². The van der Waals surface area contributed by atoms with Crippen molar-refractivity contribution in [2.75, 3.05) is 21.3 Å². The molecule has 3 aromatic rings. The molecule has 0 radical (unpaired) electrons. The number of ether oxygens (including phenoxy) is 2. The van der Waals surface area contributed by atoms with Crippen molar-refractivity contribution in [3.63, 3.8) is 0 Å². The van der Waals surface area contributed by atoms with E-state index in [4.69, 9.17) is 25.5 Å². The summed E-state index contributed by atoms with van der Waals surface area (Å²) >= 11 is 6.24. The molecular weight excluding hydrogens is 366 g/mol. The number of furan rings is 1. The van der Waals surface area contributed by atoms with E-state index in [0.29, 0.717) is 28.6 Å². The summed E-state index contributed by atoms with van der Waals surface area (Å²) in [5.74, 6) is 1.56. The van der Waals surface area contributed by atoms with Crippen LogP contribution >= 0.6 is 11.6 Å². The largest absolute Gasteiger partial charge is 0.493 e. The summed E-state index contributed by atoms with van der Waals surface area (Å²) in [5, 5.41) is 1.36. The first kappa shape index (κ1) is 19.1. The van der Waals surface area contributed by atoms with E-state index < -0.39 is 0 Å². The molecule has 5 nitrogen and oxygen atoms in total. The third-order valence-corrected chi connectivity index (χ3v) is 4.81. The molecule has 0 saturated carbocycles. The average Bonchev–Trinajstić information content (AvgIpc) is 3.04. The van der Waals surface area contributed by atoms with Crippen molar-refractivity contribution in [1.82, 2.24) is 4.90 Å². The number of hydrogen-bond acceptors (Lipinski definition) is 4. The minimum Gasteiger partial charge on any atom is -0.493 e. The summed E-state index contributed by atoms with van der Waals surface area (Å²) in [6, 6.07) is 11.1. The highest BCUT2D eigenvalue weighted by molar-refractivity contribution is 6.32. The van der Waals surface area contributed by atoms with E-state index in [1.165, 1.54) is 14.2 Å². The molecule has 0 saturated heterocycles. The van der Waals surface area contributed by atoms with Crippen LogP contribution in [-0.2, 0) is 13.0 Å². The van der Waals surface area contributed by atoms with Gasteiger partial charge in [0.15, 0.2) is 11.5 Å². The van der Waals surface area contributed by atoms with Crippen LogP contribution in [0.2, 0.25) is 5.02 Å². The Morgan fingerprint density at radius 2 is 1.93 bits per heavy atom. The average molecular weight is 388 g/mol. The molecule has 142 valence electrons. The van der Waals surface area contributed by atoms with Gasteiger partial charge in [0.25, 0.3) is 5.91 Å². The molecule has 0 unspecified atom stereocenters. The zero-order valence-corrected chi connectivity index (χ0v) is 16.6. The number of hydrogen-bond donors (Lipinski definition) is 0. The highest BCUT2D eigenvalue weighted by Crippen LogP contribution is 2.36. The first-order valence-electron chi connectivity index (χ1n) is 8.66. The third-order valence-electron chi connectivity index (χ3n) is 4.53. The SMILES string of the molecule is CCc1oc2ccccc2c1CN(C)C(=O)c1cc(Cl)c(OC)c(OC)c1. The van der Waals surface area contributed by atoms with Gasteiger partial charge in [-0.1, -0.05) is 36.7 Å². The van der Waals surface area contributed by atoms with Crippen molar-refractivity contribution in [3.8, 4) is 11.5 Å². The van der Waals surface area contributed by atoms with Gasteiger partial charge in [-0.05, 0) is 18.2 Å². The Labute approximate surface area is 163 Å². The Kier molecular flexibility index (Phi) is 5.61. The van der Waals surface area contributed by atoms with E-state index in [9.17, 15) is 4.79 Å². The van der Waals surface area contributed by atoms with Gasteiger partial charge in [0, 0.05) is 36.5 Å². The first-order chi connectivity index (χ1) is 13.0. The van der Waals surface area contributed by atoms with Gasteiger partial charge in [0.1, 0.15) is 11.3 Å². The van der Waals surface area contributed by atoms with Gasteiger partial charge >= 0.3 is 0 Å². The second kappa shape index (κ2) is 7.92. The maximum Gasteiger partial charge on any atom is 0.254 e. The number of halogens is 1. The second-order valence-corrected chi connectivity index (χ2v) is 6.62. The molecule has 2 aromatic carbocycles. The van der Waals surface area contributed by atoms with Crippen molar-refractivity contribution in [2.24, 2.45) is 0 Å². The normalized spacial score (nSPS) is 10.9. The molecule has 0 fully saturated rings. The fourth-order valence-electron chi connectivity index (χ4n) is 3.18. The van der Waals surface area contributed by atoms with Crippen LogP contribution in [0.15, 0.2) is 40.8 Å². The van der Waals surface area contributed by atoms with Gasteiger partial charge in [0.2, 0.25) is 0 Å². The fraction of sp³-hybridized carbons (Fsp3) is 0.286. The molecule has 1 amide bonds. The van der Waals surface area contributed by atoms with Crippen LogP contribution in [-0.4, -0.2) is 32.1 Å². The van der Waals surface area contributed by atoms with Gasteiger partial charge in [0.05, 0.1) is 19.2 Å². The first-order valence-corrected chi connectivity index (χ1v) is 9.04. The molecule has 27 heavy (non-hydrogen) atoms. The topological polar surface area (TPSA) is 51.9 Å². The molecule has 0 spiro atoms. The summed E-state index contributed by atoms with van der Waals surface area (Å²) < 4.78 is 16.4. The smallest absolute Gasteiger partial charge is 0.254 e. The van der Waals surface area contributed by atoms with Crippen molar-refractivity contribution < 1.29 is 18.7 Å². The number of carbonyl (C=O) groups is 1. The number of rotatable bonds is 6. The quantitative estimate of drug-likeness (QED) is 0.601. The van der Waals surface area contributed by atoms with Crippen LogP contribution in [0.25, 0.3) is 11.0 Å². The third kappa shape index (κ3) is 3.60. The Hall–Kier alpha value is -2.66. The lowest BCUT2D eigenvalue weighted by molar-refractivity contribution is 0.0784. The molecule has 0 aliphatic carbocycles. The Balaban J connectivity index is 1.92. The minimum atomic E-state index is -0.162. The van der Waals surface area contributed by atoms with E-state index in [-0.39, 0.29) is 5.91 Å². The molecule has 3 rings (SSSR count). The lowest BCUT2D eigenvalue weighted by Crippen LogP contribution is -2.26. The van der Waals surface area contributed by atoms with Gasteiger partial charge in [-0.25, -0.2) is 0 Å². The standard InChI is InChI=1S/C21H22ClNO4/c1-5-17-15(14-8-6-7-9-18(14)27-17)12-23(2)21(24)13-10-16(22)20(26-4)19(11-13)25-3/h6-11H,5,12H2,1-4H3. The number of para-hydroxylation sites is 1. The van der Waals surface area contributed by atoms with E-state index >= 15 is 0 Å².